The number of benzene rings is 1. The van der Waals surface area contributed by atoms with Gasteiger partial charge in [0.15, 0.2) is 0 Å². The quantitative estimate of drug-likeness (QED) is 0.627. The molecule has 27 heavy (non-hydrogen) atoms. The summed E-state index contributed by atoms with van der Waals surface area (Å²) in [6.45, 7) is 5.52. The van der Waals surface area contributed by atoms with E-state index < -0.39 is 5.60 Å². The lowest BCUT2D eigenvalue weighted by atomic mass is 10.1. The molecular weight excluding hydrogens is 344 g/mol. The van der Waals surface area contributed by atoms with Crippen molar-refractivity contribution in [3.05, 3.63) is 54.5 Å². The maximum Gasteiger partial charge on any atom is 0.310 e. The molecule has 2 heterocycles. The van der Waals surface area contributed by atoms with Crippen molar-refractivity contribution in [1.82, 2.24) is 9.97 Å². The minimum absolute atomic E-state index is 0.128. The molecule has 3 rings (SSSR count). The van der Waals surface area contributed by atoms with Crippen LogP contribution in [0.4, 0.5) is 0 Å². The molecule has 3 aromatic rings. The van der Waals surface area contributed by atoms with Crippen LogP contribution in [0.5, 0.6) is 17.2 Å². The van der Waals surface area contributed by atoms with Crippen molar-refractivity contribution in [3.8, 4) is 17.2 Å². The van der Waals surface area contributed by atoms with Crippen LogP contribution in [0.25, 0.3) is 10.9 Å². The zero-order valence-electron chi connectivity index (χ0n) is 15.9. The summed E-state index contributed by atoms with van der Waals surface area (Å²) in [5.41, 5.74) is 1.01. The molecule has 0 spiro atoms. The van der Waals surface area contributed by atoms with Crippen LogP contribution in [-0.4, -0.2) is 28.6 Å². The van der Waals surface area contributed by atoms with E-state index >= 15 is 0 Å². The summed E-state index contributed by atoms with van der Waals surface area (Å²) in [4.78, 5) is 20.5. The van der Waals surface area contributed by atoms with E-state index in [4.69, 9.17) is 14.2 Å². The molecule has 0 radical (unpaired) electrons. The molecule has 0 unspecified atom stereocenters. The molecule has 0 bridgehead atoms. The minimum Gasteiger partial charge on any atom is -0.496 e. The molecule has 0 saturated heterocycles. The first-order valence-electron chi connectivity index (χ1n) is 8.61. The molecule has 0 fully saturated rings. The molecule has 1 aromatic carbocycles. The van der Waals surface area contributed by atoms with E-state index in [1.54, 1.807) is 50.0 Å². The van der Waals surface area contributed by atoms with Gasteiger partial charge in [-0.15, -0.1) is 0 Å². The number of hydrogen-bond donors (Lipinski definition) is 0. The van der Waals surface area contributed by atoms with Crippen LogP contribution in [-0.2, 0) is 16.0 Å². The SMILES string of the molecule is COc1cc(Oc2ccnc3ccncc23)ccc1CC(=O)OC(C)(C)C. The molecule has 6 nitrogen and oxygen atoms in total. The van der Waals surface area contributed by atoms with Gasteiger partial charge in [0.05, 0.1) is 24.4 Å². The smallest absolute Gasteiger partial charge is 0.310 e. The van der Waals surface area contributed by atoms with E-state index in [9.17, 15) is 4.79 Å². The summed E-state index contributed by atoms with van der Waals surface area (Å²) in [5.74, 6) is 1.50. The van der Waals surface area contributed by atoms with Crippen LogP contribution in [0.3, 0.4) is 0 Å². The number of nitrogens with zero attached hydrogens (tertiary/aromatic N) is 2. The number of pyridine rings is 2. The van der Waals surface area contributed by atoms with E-state index in [0.717, 1.165) is 16.5 Å². The molecule has 0 amide bonds. The Balaban J connectivity index is 1.82. The number of rotatable bonds is 5. The monoisotopic (exact) mass is 366 g/mol. The summed E-state index contributed by atoms with van der Waals surface area (Å²) < 4.78 is 16.8. The Morgan fingerprint density at radius 2 is 1.89 bits per heavy atom. The van der Waals surface area contributed by atoms with Crippen molar-refractivity contribution in [2.75, 3.05) is 7.11 Å². The zero-order valence-corrected chi connectivity index (χ0v) is 15.9. The van der Waals surface area contributed by atoms with Gasteiger partial charge in [-0.25, -0.2) is 0 Å². The Morgan fingerprint density at radius 3 is 2.63 bits per heavy atom. The van der Waals surface area contributed by atoms with Crippen LogP contribution in [0.15, 0.2) is 48.9 Å². The van der Waals surface area contributed by atoms with Crippen molar-refractivity contribution in [2.24, 2.45) is 0 Å². The van der Waals surface area contributed by atoms with Gasteiger partial charge in [-0.2, -0.15) is 0 Å². The average molecular weight is 366 g/mol. The molecule has 0 saturated carbocycles. The first kappa shape index (κ1) is 18.6. The predicted molar refractivity (Wildman–Crippen MR) is 102 cm³/mol. The van der Waals surface area contributed by atoms with Crippen LogP contribution in [0, 0.1) is 0 Å². The van der Waals surface area contributed by atoms with Gasteiger partial charge in [0.2, 0.25) is 0 Å². The van der Waals surface area contributed by atoms with Crippen molar-refractivity contribution in [1.29, 1.82) is 0 Å². The Labute approximate surface area is 158 Å². The van der Waals surface area contributed by atoms with Crippen LogP contribution < -0.4 is 9.47 Å². The maximum absolute atomic E-state index is 12.1. The third-order valence-electron chi connectivity index (χ3n) is 3.74. The molecule has 0 aliphatic heterocycles. The van der Waals surface area contributed by atoms with Gasteiger partial charge < -0.3 is 14.2 Å². The number of esters is 1. The van der Waals surface area contributed by atoms with E-state index in [2.05, 4.69) is 9.97 Å². The predicted octanol–water partition coefficient (Wildman–Crippen LogP) is 4.31. The number of aromatic nitrogens is 2. The Hall–Kier alpha value is -3.15. The summed E-state index contributed by atoms with van der Waals surface area (Å²) in [5, 5.41) is 0.816. The maximum atomic E-state index is 12.1. The second-order valence-corrected chi connectivity index (χ2v) is 7.04. The number of methoxy groups -OCH3 is 1. The van der Waals surface area contributed by atoms with Gasteiger partial charge in [0, 0.05) is 30.2 Å². The van der Waals surface area contributed by atoms with E-state index in [1.807, 2.05) is 26.8 Å². The molecule has 0 N–H and O–H groups in total. The fourth-order valence-corrected chi connectivity index (χ4v) is 2.65. The van der Waals surface area contributed by atoms with Gasteiger partial charge in [0.1, 0.15) is 22.8 Å². The van der Waals surface area contributed by atoms with Gasteiger partial charge in [-0.3, -0.25) is 14.8 Å². The Kier molecular flexibility index (Phi) is 5.26. The highest BCUT2D eigenvalue weighted by atomic mass is 16.6. The Morgan fingerprint density at radius 1 is 1.07 bits per heavy atom. The van der Waals surface area contributed by atoms with Crippen molar-refractivity contribution in [2.45, 2.75) is 32.8 Å². The fraction of sp³-hybridized carbons (Fsp3) is 0.286. The molecular formula is C21H22N2O4. The number of fused-ring (bicyclic) bond motifs is 1. The van der Waals surface area contributed by atoms with Crippen molar-refractivity contribution in [3.63, 3.8) is 0 Å². The molecule has 2 aromatic heterocycles. The number of hydrogen-bond acceptors (Lipinski definition) is 6. The zero-order chi connectivity index (χ0) is 19.4. The topological polar surface area (TPSA) is 70.5 Å². The lowest BCUT2D eigenvalue weighted by Crippen LogP contribution is -2.25. The number of carbonyl (C=O) groups excluding carboxylic acids is 1. The Bertz CT molecular complexity index is 959. The van der Waals surface area contributed by atoms with E-state index in [0.29, 0.717) is 17.2 Å². The first-order chi connectivity index (χ1) is 12.9. The third-order valence-corrected chi connectivity index (χ3v) is 3.74. The van der Waals surface area contributed by atoms with Crippen LogP contribution >= 0.6 is 0 Å². The van der Waals surface area contributed by atoms with Crippen LogP contribution in [0.2, 0.25) is 0 Å². The molecule has 0 aliphatic rings. The number of carbonyl (C=O) groups is 1. The van der Waals surface area contributed by atoms with E-state index in [-0.39, 0.29) is 12.4 Å². The molecule has 140 valence electrons. The average Bonchev–Trinajstić information content (AvgIpc) is 2.61. The van der Waals surface area contributed by atoms with Crippen molar-refractivity contribution < 1.29 is 19.0 Å². The van der Waals surface area contributed by atoms with Gasteiger partial charge >= 0.3 is 5.97 Å². The highest BCUT2D eigenvalue weighted by molar-refractivity contribution is 5.84. The van der Waals surface area contributed by atoms with Gasteiger partial charge in [-0.05, 0) is 39.0 Å². The van der Waals surface area contributed by atoms with Crippen LogP contribution in [0.1, 0.15) is 26.3 Å². The second-order valence-electron chi connectivity index (χ2n) is 7.04. The first-order valence-corrected chi connectivity index (χ1v) is 8.61. The largest absolute Gasteiger partial charge is 0.496 e. The molecule has 0 atom stereocenters. The summed E-state index contributed by atoms with van der Waals surface area (Å²) in [7, 11) is 1.56. The summed E-state index contributed by atoms with van der Waals surface area (Å²) in [6.07, 6.45) is 5.22. The normalized spacial score (nSPS) is 11.3. The molecule has 0 aliphatic carbocycles. The van der Waals surface area contributed by atoms with Crippen molar-refractivity contribution >= 4 is 16.9 Å². The standard InChI is InChI=1S/C21H22N2O4/c1-21(2,3)27-20(24)11-14-5-6-15(12-19(14)25-4)26-18-8-10-23-17-7-9-22-13-16(17)18/h5-10,12-13H,11H2,1-4H3. The minimum atomic E-state index is -0.524. The number of ether oxygens (including phenoxy) is 3. The highest BCUT2D eigenvalue weighted by Crippen LogP contribution is 2.32. The fourth-order valence-electron chi connectivity index (χ4n) is 2.65. The summed E-state index contributed by atoms with van der Waals surface area (Å²) >= 11 is 0. The third kappa shape index (κ3) is 4.73. The highest BCUT2D eigenvalue weighted by Gasteiger charge is 2.18. The van der Waals surface area contributed by atoms with Gasteiger partial charge in [0.25, 0.3) is 0 Å². The van der Waals surface area contributed by atoms with Gasteiger partial charge in [-0.1, -0.05) is 6.07 Å². The molecule has 6 heteroatoms. The lowest BCUT2D eigenvalue weighted by Gasteiger charge is -2.20. The van der Waals surface area contributed by atoms with E-state index in [1.165, 1.54) is 0 Å². The second kappa shape index (κ2) is 7.61. The summed E-state index contributed by atoms with van der Waals surface area (Å²) in [6, 6.07) is 8.96. The lowest BCUT2D eigenvalue weighted by molar-refractivity contribution is -0.153.